The zero-order valence-corrected chi connectivity index (χ0v) is 13.0. The zero-order chi connectivity index (χ0) is 14.2. The van der Waals surface area contributed by atoms with Crippen molar-refractivity contribution in [2.24, 2.45) is 0 Å². The summed E-state index contributed by atoms with van der Waals surface area (Å²) in [5.41, 5.74) is 1.55. The van der Waals surface area contributed by atoms with Gasteiger partial charge in [-0.2, -0.15) is 0 Å². The van der Waals surface area contributed by atoms with E-state index in [-0.39, 0.29) is 10.7 Å². The van der Waals surface area contributed by atoms with Crippen LogP contribution in [0, 0.1) is 6.92 Å². The van der Waals surface area contributed by atoms with Gasteiger partial charge in [0.05, 0.1) is 4.75 Å². The number of carbonyl (C=O) groups excluding carboxylic acids is 1. The molecule has 1 saturated heterocycles. The Kier molecular flexibility index (Phi) is 4.02. The molecule has 0 radical (unpaired) electrons. The third kappa shape index (κ3) is 3.00. The lowest BCUT2D eigenvalue weighted by molar-refractivity contribution is 0.0746. The van der Waals surface area contributed by atoms with Gasteiger partial charge < -0.3 is 4.90 Å². The second-order valence-electron chi connectivity index (χ2n) is 5.50. The summed E-state index contributed by atoms with van der Waals surface area (Å²) in [4.78, 5) is 14.2. The first-order valence-electron chi connectivity index (χ1n) is 6.25. The van der Waals surface area contributed by atoms with Crippen LogP contribution in [0.25, 0.3) is 0 Å². The van der Waals surface area contributed by atoms with Gasteiger partial charge in [-0.25, -0.2) is 0 Å². The summed E-state index contributed by atoms with van der Waals surface area (Å²) in [6.45, 7) is 6.84. The molecule has 1 aliphatic heterocycles. The molecule has 0 spiro atoms. The maximum Gasteiger partial charge on any atom is 0.253 e. The lowest BCUT2D eigenvalue weighted by atomic mass is 10.1. The van der Waals surface area contributed by atoms with Crippen LogP contribution in [-0.2, 0) is 10.8 Å². The number of carbonyl (C=O) groups is 1. The van der Waals surface area contributed by atoms with Crippen molar-refractivity contribution < 1.29 is 9.00 Å². The third-order valence-corrected chi connectivity index (χ3v) is 5.76. The summed E-state index contributed by atoms with van der Waals surface area (Å²) in [5.74, 6) is 0.505. The first-order valence-corrected chi connectivity index (χ1v) is 7.95. The van der Waals surface area contributed by atoms with Crippen LogP contribution in [-0.4, -0.2) is 38.6 Å². The maximum absolute atomic E-state index is 12.4. The van der Waals surface area contributed by atoms with Crippen molar-refractivity contribution in [3.8, 4) is 0 Å². The normalized spacial score (nSPS) is 22.3. The summed E-state index contributed by atoms with van der Waals surface area (Å²) < 4.78 is 11.5. The predicted octanol–water partition coefficient (Wildman–Crippen LogP) is 2.63. The molecule has 2 rings (SSSR count). The first-order chi connectivity index (χ1) is 8.81. The Balaban J connectivity index is 2.20. The Bertz CT molecular complexity index is 542. The maximum atomic E-state index is 12.4. The molecule has 1 unspecified atom stereocenters. The van der Waals surface area contributed by atoms with Crippen molar-refractivity contribution in [1.82, 2.24) is 4.90 Å². The minimum absolute atomic E-state index is 0.0355. The molecule has 104 valence electrons. The highest BCUT2D eigenvalue weighted by Crippen LogP contribution is 2.23. The number of halogens is 1. The highest BCUT2D eigenvalue weighted by Gasteiger charge is 2.35. The summed E-state index contributed by atoms with van der Waals surface area (Å²) in [7, 11) is -0.872. The average Bonchev–Trinajstić information content (AvgIpc) is 2.35. The second-order valence-corrected chi connectivity index (χ2v) is 8.11. The SMILES string of the molecule is Cc1ccc(C(=O)N2CCS(=O)C(C)(C)C2)cc1Cl. The smallest absolute Gasteiger partial charge is 0.253 e. The van der Waals surface area contributed by atoms with Crippen LogP contribution in [0.5, 0.6) is 0 Å². The minimum Gasteiger partial charge on any atom is -0.336 e. The van der Waals surface area contributed by atoms with E-state index in [0.29, 0.717) is 29.4 Å². The van der Waals surface area contributed by atoms with Crippen LogP contribution in [0.2, 0.25) is 5.02 Å². The van der Waals surface area contributed by atoms with E-state index < -0.39 is 10.8 Å². The minimum atomic E-state index is -0.872. The molecule has 1 aromatic rings. The van der Waals surface area contributed by atoms with Gasteiger partial charge in [-0.15, -0.1) is 0 Å². The molecule has 0 bridgehead atoms. The van der Waals surface area contributed by atoms with E-state index in [1.807, 2.05) is 26.8 Å². The molecule has 19 heavy (non-hydrogen) atoms. The molecule has 1 aliphatic rings. The van der Waals surface area contributed by atoms with Crippen molar-refractivity contribution in [3.63, 3.8) is 0 Å². The van der Waals surface area contributed by atoms with Crippen LogP contribution in [0.15, 0.2) is 18.2 Å². The van der Waals surface area contributed by atoms with E-state index in [9.17, 15) is 9.00 Å². The van der Waals surface area contributed by atoms with Crippen molar-refractivity contribution >= 4 is 28.3 Å². The van der Waals surface area contributed by atoms with Crippen LogP contribution in [0.3, 0.4) is 0 Å². The van der Waals surface area contributed by atoms with E-state index in [1.54, 1.807) is 17.0 Å². The molecule has 0 N–H and O–H groups in total. The Morgan fingerprint density at radius 1 is 1.42 bits per heavy atom. The predicted molar refractivity (Wildman–Crippen MR) is 79.2 cm³/mol. The zero-order valence-electron chi connectivity index (χ0n) is 11.4. The number of aryl methyl sites for hydroxylation is 1. The molecular formula is C14H18ClNO2S. The fraction of sp³-hybridized carbons (Fsp3) is 0.500. The van der Waals surface area contributed by atoms with Gasteiger partial charge in [0.1, 0.15) is 0 Å². The van der Waals surface area contributed by atoms with E-state index in [0.717, 1.165) is 5.56 Å². The number of nitrogens with zero attached hydrogens (tertiary/aromatic N) is 1. The highest BCUT2D eigenvalue weighted by atomic mass is 35.5. The van der Waals surface area contributed by atoms with Gasteiger partial charge in [-0.05, 0) is 38.5 Å². The number of hydrogen-bond donors (Lipinski definition) is 0. The Hall–Kier alpha value is -0.870. The Morgan fingerprint density at radius 2 is 2.11 bits per heavy atom. The molecule has 1 atom stereocenters. The molecular weight excluding hydrogens is 282 g/mol. The summed E-state index contributed by atoms with van der Waals surface area (Å²) in [6.07, 6.45) is 0. The van der Waals surface area contributed by atoms with Gasteiger partial charge in [0, 0.05) is 40.2 Å². The molecule has 0 aromatic heterocycles. The highest BCUT2D eigenvalue weighted by molar-refractivity contribution is 7.86. The van der Waals surface area contributed by atoms with E-state index >= 15 is 0 Å². The first kappa shape index (κ1) is 14.5. The molecule has 5 heteroatoms. The van der Waals surface area contributed by atoms with Gasteiger partial charge in [-0.1, -0.05) is 17.7 Å². The van der Waals surface area contributed by atoms with Gasteiger partial charge in [0.15, 0.2) is 0 Å². The lowest BCUT2D eigenvalue weighted by Crippen LogP contribution is -2.52. The van der Waals surface area contributed by atoms with E-state index in [4.69, 9.17) is 11.6 Å². The molecule has 1 amide bonds. The topological polar surface area (TPSA) is 37.4 Å². The van der Waals surface area contributed by atoms with Gasteiger partial charge in [-0.3, -0.25) is 9.00 Å². The summed E-state index contributed by atoms with van der Waals surface area (Å²) in [5, 5.41) is 0.602. The van der Waals surface area contributed by atoms with Crippen molar-refractivity contribution in [1.29, 1.82) is 0 Å². The van der Waals surface area contributed by atoms with Gasteiger partial charge in [0.2, 0.25) is 0 Å². The molecule has 1 heterocycles. The van der Waals surface area contributed by atoms with Crippen molar-refractivity contribution in [3.05, 3.63) is 34.3 Å². The Morgan fingerprint density at radius 3 is 2.68 bits per heavy atom. The summed E-state index contributed by atoms with van der Waals surface area (Å²) >= 11 is 6.06. The molecule has 0 aliphatic carbocycles. The van der Waals surface area contributed by atoms with Crippen molar-refractivity contribution in [2.45, 2.75) is 25.5 Å². The largest absolute Gasteiger partial charge is 0.336 e. The molecule has 1 aromatic carbocycles. The van der Waals surface area contributed by atoms with Gasteiger partial charge in [0.25, 0.3) is 5.91 Å². The van der Waals surface area contributed by atoms with E-state index in [1.165, 1.54) is 0 Å². The quantitative estimate of drug-likeness (QED) is 0.799. The molecule has 1 fully saturated rings. The lowest BCUT2D eigenvalue weighted by Gasteiger charge is -2.37. The number of benzene rings is 1. The summed E-state index contributed by atoms with van der Waals surface area (Å²) in [6, 6.07) is 5.35. The number of hydrogen-bond acceptors (Lipinski definition) is 2. The molecule has 0 saturated carbocycles. The number of amides is 1. The monoisotopic (exact) mass is 299 g/mol. The second kappa shape index (κ2) is 5.25. The van der Waals surface area contributed by atoms with Crippen molar-refractivity contribution in [2.75, 3.05) is 18.8 Å². The van der Waals surface area contributed by atoms with Crippen LogP contribution in [0.1, 0.15) is 29.8 Å². The van der Waals surface area contributed by atoms with E-state index in [2.05, 4.69) is 0 Å². The Labute approximate surface area is 121 Å². The standard InChI is InChI=1S/C14H18ClNO2S/c1-10-4-5-11(8-12(10)15)13(17)16-6-7-19(18)14(2,3)9-16/h4-5,8H,6-7,9H2,1-3H3. The third-order valence-electron chi connectivity index (χ3n) is 3.44. The van der Waals surface area contributed by atoms with Crippen LogP contribution in [0.4, 0.5) is 0 Å². The number of rotatable bonds is 1. The van der Waals surface area contributed by atoms with Crippen LogP contribution >= 0.6 is 11.6 Å². The fourth-order valence-electron chi connectivity index (χ4n) is 2.16. The fourth-order valence-corrected chi connectivity index (χ4v) is 3.58. The average molecular weight is 300 g/mol. The van der Waals surface area contributed by atoms with Crippen LogP contribution < -0.4 is 0 Å². The molecule has 3 nitrogen and oxygen atoms in total. The van der Waals surface area contributed by atoms with Gasteiger partial charge >= 0.3 is 0 Å².